The van der Waals surface area contributed by atoms with Gasteiger partial charge in [0.05, 0.1) is 11.7 Å². The van der Waals surface area contributed by atoms with E-state index < -0.39 is 0 Å². The minimum Gasteiger partial charge on any atom is -0.307 e. The molecule has 2 aromatic heterocycles. The fraction of sp³-hybridized carbons (Fsp3) is 0.214. The molecule has 1 atom stereocenters. The lowest BCUT2D eigenvalue weighted by atomic mass is 10.1. The van der Waals surface area contributed by atoms with Crippen molar-refractivity contribution in [3.05, 3.63) is 52.9 Å². The molecular weight excluding hydrogens is 261 g/mol. The van der Waals surface area contributed by atoms with Crippen LogP contribution >= 0.6 is 11.3 Å². The standard InChI is InChI=1S/C14H14FN3S/c1-16-14(11-5-6-18(2)17-11)13-7-9-3-4-10(15)8-12(9)19-13/h3-8,14,16H,1-2H3. The van der Waals surface area contributed by atoms with Gasteiger partial charge in [0.15, 0.2) is 0 Å². The number of aryl methyl sites for hydroxylation is 1. The maximum Gasteiger partial charge on any atom is 0.124 e. The zero-order chi connectivity index (χ0) is 13.4. The maximum absolute atomic E-state index is 13.2. The van der Waals surface area contributed by atoms with Crippen molar-refractivity contribution in [3.63, 3.8) is 0 Å². The fourth-order valence-electron chi connectivity index (χ4n) is 2.19. The average Bonchev–Trinajstić information content (AvgIpc) is 2.96. The van der Waals surface area contributed by atoms with E-state index in [4.69, 9.17) is 0 Å². The van der Waals surface area contributed by atoms with Crippen LogP contribution in [0.3, 0.4) is 0 Å². The summed E-state index contributed by atoms with van der Waals surface area (Å²) in [6, 6.07) is 9.02. The minimum absolute atomic E-state index is 0.0432. The third-order valence-corrected chi connectivity index (χ3v) is 4.27. The van der Waals surface area contributed by atoms with Gasteiger partial charge in [0.25, 0.3) is 0 Å². The fourth-order valence-corrected chi connectivity index (χ4v) is 3.40. The molecule has 0 aliphatic carbocycles. The molecule has 0 saturated carbocycles. The summed E-state index contributed by atoms with van der Waals surface area (Å²) in [4.78, 5) is 1.14. The first-order valence-corrected chi connectivity index (χ1v) is 6.85. The summed E-state index contributed by atoms with van der Waals surface area (Å²) in [6.07, 6.45) is 1.92. The van der Waals surface area contributed by atoms with Crippen molar-refractivity contribution in [2.24, 2.45) is 7.05 Å². The van der Waals surface area contributed by atoms with E-state index in [2.05, 4.69) is 16.5 Å². The number of fused-ring (bicyclic) bond motifs is 1. The highest BCUT2D eigenvalue weighted by molar-refractivity contribution is 7.19. The minimum atomic E-state index is -0.195. The van der Waals surface area contributed by atoms with Crippen LogP contribution in [0.2, 0.25) is 0 Å². The SMILES string of the molecule is CNC(c1ccn(C)n1)c1cc2ccc(F)cc2s1. The van der Waals surface area contributed by atoms with Gasteiger partial charge in [0.2, 0.25) is 0 Å². The van der Waals surface area contributed by atoms with Crippen molar-refractivity contribution in [2.45, 2.75) is 6.04 Å². The second kappa shape index (κ2) is 4.75. The van der Waals surface area contributed by atoms with Crippen molar-refractivity contribution in [2.75, 3.05) is 7.05 Å². The Morgan fingerprint density at radius 1 is 1.32 bits per heavy atom. The van der Waals surface area contributed by atoms with Crippen molar-refractivity contribution >= 4 is 21.4 Å². The van der Waals surface area contributed by atoms with Crippen LogP contribution in [0, 0.1) is 5.82 Å². The number of aromatic nitrogens is 2. The van der Waals surface area contributed by atoms with Gasteiger partial charge < -0.3 is 5.32 Å². The van der Waals surface area contributed by atoms with Gasteiger partial charge >= 0.3 is 0 Å². The zero-order valence-corrected chi connectivity index (χ0v) is 11.5. The van der Waals surface area contributed by atoms with Crippen molar-refractivity contribution in [1.29, 1.82) is 0 Å². The predicted molar refractivity (Wildman–Crippen MR) is 75.9 cm³/mol. The third kappa shape index (κ3) is 2.27. The lowest BCUT2D eigenvalue weighted by molar-refractivity contribution is 0.630. The Bertz CT molecular complexity index is 716. The van der Waals surface area contributed by atoms with E-state index in [1.54, 1.807) is 22.1 Å². The highest BCUT2D eigenvalue weighted by atomic mass is 32.1. The summed E-state index contributed by atoms with van der Waals surface area (Å²) < 4.78 is 16.0. The van der Waals surface area contributed by atoms with Gasteiger partial charge in [0, 0.05) is 22.8 Å². The molecule has 0 radical (unpaired) electrons. The molecule has 1 N–H and O–H groups in total. The lowest BCUT2D eigenvalue weighted by Crippen LogP contribution is -2.17. The van der Waals surface area contributed by atoms with E-state index in [-0.39, 0.29) is 11.9 Å². The zero-order valence-electron chi connectivity index (χ0n) is 10.7. The average molecular weight is 275 g/mol. The van der Waals surface area contributed by atoms with E-state index in [1.165, 1.54) is 6.07 Å². The molecule has 3 aromatic rings. The molecule has 0 bridgehead atoms. The predicted octanol–water partition coefficient (Wildman–Crippen LogP) is 3.08. The number of thiophene rings is 1. The van der Waals surface area contributed by atoms with Gasteiger partial charge in [-0.05, 0) is 36.7 Å². The van der Waals surface area contributed by atoms with Crippen LogP contribution in [-0.4, -0.2) is 16.8 Å². The van der Waals surface area contributed by atoms with Gasteiger partial charge in [-0.15, -0.1) is 11.3 Å². The smallest absolute Gasteiger partial charge is 0.124 e. The molecular formula is C14H14FN3S. The first-order valence-electron chi connectivity index (χ1n) is 6.03. The summed E-state index contributed by atoms with van der Waals surface area (Å²) >= 11 is 1.60. The van der Waals surface area contributed by atoms with Gasteiger partial charge in [-0.25, -0.2) is 4.39 Å². The monoisotopic (exact) mass is 275 g/mol. The van der Waals surface area contributed by atoms with Crippen LogP contribution in [0.1, 0.15) is 16.6 Å². The Hall–Kier alpha value is -1.72. The molecule has 0 fully saturated rings. The van der Waals surface area contributed by atoms with E-state index in [0.717, 1.165) is 20.7 Å². The summed E-state index contributed by atoms with van der Waals surface area (Å²) in [6.45, 7) is 0. The van der Waals surface area contributed by atoms with Crippen LogP contribution in [-0.2, 0) is 7.05 Å². The topological polar surface area (TPSA) is 29.9 Å². The van der Waals surface area contributed by atoms with E-state index >= 15 is 0 Å². The Morgan fingerprint density at radius 2 is 2.16 bits per heavy atom. The number of hydrogen-bond acceptors (Lipinski definition) is 3. The molecule has 0 aliphatic heterocycles. The summed E-state index contributed by atoms with van der Waals surface area (Å²) in [7, 11) is 3.81. The molecule has 3 nitrogen and oxygen atoms in total. The molecule has 1 aromatic carbocycles. The Kier molecular flexibility index (Phi) is 3.08. The molecule has 0 saturated heterocycles. The summed E-state index contributed by atoms with van der Waals surface area (Å²) in [5.41, 5.74) is 0.969. The van der Waals surface area contributed by atoms with Crippen molar-refractivity contribution in [3.8, 4) is 0 Å². The van der Waals surface area contributed by atoms with Gasteiger partial charge in [-0.2, -0.15) is 5.10 Å². The highest BCUT2D eigenvalue weighted by Gasteiger charge is 2.17. The van der Waals surface area contributed by atoms with Crippen LogP contribution in [0.15, 0.2) is 36.5 Å². The van der Waals surface area contributed by atoms with E-state index in [0.29, 0.717) is 0 Å². The number of hydrogen-bond donors (Lipinski definition) is 1. The number of halogens is 1. The first kappa shape index (κ1) is 12.3. The normalized spacial score (nSPS) is 13.0. The lowest BCUT2D eigenvalue weighted by Gasteiger charge is -2.11. The molecule has 3 rings (SSSR count). The maximum atomic E-state index is 13.2. The molecule has 0 aliphatic rings. The Balaban J connectivity index is 2.06. The number of benzene rings is 1. The molecule has 1 unspecified atom stereocenters. The molecule has 98 valence electrons. The Morgan fingerprint density at radius 3 is 2.84 bits per heavy atom. The van der Waals surface area contributed by atoms with Crippen LogP contribution in [0.25, 0.3) is 10.1 Å². The Labute approximate surface area is 114 Å². The number of nitrogens with one attached hydrogen (secondary N) is 1. The molecule has 0 amide bonds. The quantitative estimate of drug-likeness (QED) is 0.796. The van der Waals surface area contributed by atoms with Crippen molar-refractivity contribution < 1.29 is 4.39 Å². The van der Waals surface area contributed by atoms with E-state index in [9.17, 15) is 4.39 Å². The van der Waals surface area contributed by atoms with Crippen molar-refractivity contribution in [1.82, 2.24) is 15.1 Å². The van der Waals surface area contributed by atoms with E-state index in [1.807, 2.05) is 32.4 Å². The molecule has 0 spiro atoms. The summed E-state index contributed by atoms with van der Waals surface area (Å²) in [5.74, 6) is -0.195. The molecule has 5 heteroatoms. The van der Waals surface area contributed by atoms with Gasteiger partial charge in [-0.1, -0.05) is 6.07 Å². The first-order chi connectivity index (χ1) is 9.17. The second-order valence-corrected chi connectivity index (χ2v) is 5.58. The van der Waals surface area contributed by atoms with Gasteiger partial charge in [-0.3, -0.25) is 4.68 Å². The molecule has 2 heterocycles. The largest absolute Gasteiger partial charge is 0.307 e. The molecule has 19 heavy (non-hydrogen) atoms. The van der Waals surface area contributed by atoms with Crippen LogP contribution < -0.4 is 5.32 Å². The summed E-state index contributed by atoms with van der Waals surface area (Å²) in [5, 5.41) is 8.76. The highest BCUT2D eigenvalue weighted by Crippen LogP contribution is 2.32. The second-order valence-electron chi connectivity index (χ2n) is 4.47. The number of rotatable bonds is 3. The van der Waals surface area contributed by atoms with Crippen LogP contribution in [0.5, 0.6) is 0 Å². The van der Waals surface area contributed by atoms with Gasteiger partial charge in [0.1, 0.15) is 5.82 Å². The third-order valence-electron chi connectivity index (χ3n) is 3.10. The number of nitrogens with zero attached hydrogens (tertiary/aromatic N) is 2. The van der Waals surface area contributed by atoms with Crippen LogP contribution in [0.4, 0.5) is 4.39 Å².